The van der Waals surface area contributed by atoms with E-state index in [4.69, 9.17) is 4.74 Å². The normalized spacial score (nSPS) is 25.0. The third-order valence-corrected chi connectivity index (χ3v) is 6.11. The van der Waals surface area contributed by atoms with Crippen molar-refractivity contribution in [2.24, 2.45) is 5.41 Å². The zero-order chi connectivity index (χ0) is 21.7. The van der Waals surface area contributed by atoms with Crippen LogP contribution in [0.15, 0.2) is 35.2 Å². The molecule has 2 fully saturated rings. The number of piperidine rings is 1. The maximum Gasteiger partial charge on any atom is 0.411 e. The summed E-state index contributed by atoms with van der Waals surface area (Å²) in [7, 11) is 0. The smallest absolute Gasteiger partial charge is 0.411 e. The molecule has 2 aliphatic rings. The van der Waals surface area contributed by atoms with Crippen molar-refractivity contribution in [1.29, 1.82) is 0 Å². The lowest BCUT2D eigenvalue weighted by Crippen LogP contribution is -2.47. The van der Waals surface area contributed by atoms with Gasteiger partial charge in [0.2, 0.25) is 5.91 Å². The number of amides is 2. The summed E-state index contributed by atoms with van der Waals surface area (Å²) in [5, 5.41) is 7.21. The highest BCUT2D eigenvalue weighted by Crippen LogP contribution is 2.60. The second-order valence-corrected chi connectivity index (χ2v) is 9.99. The lowest BCUT2D eigenvalue weighted by atomic mass is 9.99. The molecule has 160 valence electrons. The number of rotatable bonds is 4. The van der Waals surface area contributed by atoms with Crippen molar-refractivity contribution >= 4 is 33.7 Å². The Kier molecular flexibility index (Phi) is 5.12. The summed E-state index contributed by atoms with van der Waals surface area (Å²) in [6, 6.07) is 4.92. The lowest BCUT2D eigenvalue weighted by Gasteiger charge is -2.29. The van der Waals surface area contributed by atoms with Crippen LogP contribution in [0.4, 0.5) is 10.6 Å². The molecular formula is C21H26BrN5O3. The Morgan fingerprint density at radius 3 is 2.77 bits per heavy atom. The van der Waals surface area contributed by atoms with Crippen molar-refractivity contribution in [2.75, 3.05) is 5.32 Å². The van der Waals surface area contributed by atoms with Crippen LogP contribution in [-0.2, 0) is 16.1 Å². The minimum absolute atomic E-state index is 0.0381. The fraction of sp³-hybridized carbons (Fsp3) is 0.524. The molecule has 0 spiro atoms. The standard InChI is InChI=1S/C21H26BrN5O3/c1-13-6-7-16(22)24-17(13)25-18(28)14-10-21(12-26-9-5-8-23-26)11-15(21)27(14)19(29)30-20(2,3)4/h5-9,14-15H,10-12H2,1-4H3,(H,24,25,28)/t14-,15+,21-/m0/s1. The number of nitrogens with zero attached hydrogens (tertiary/aromatic N) is 4. The van der Waals surface area contributed by atoms with Gasteiger partial charge in [-0.15, -0.1) is 0 Å². The van der Waals surface area contributed by atoms with Crippen LogP contribution in [0.3, 0.4) is 0 Å². The van der Waals surface area contributed by atoms with Crippen LogP contribution < -0.4 is 5.32 Å². The number of ether oxygens (including phenoxy) is 1. The maximum atomic E-state index is 13.2. The summed E-state index contributed by atoms with van der Waals surface area (Å²) in [6.07, 6.45) is 4.59. The van der Waals surface area contributed by atoms with E-state index in [0.717, 1.165) is 12.0 Å². The fourth-order valence-electron chi connectivity index (χ4n) is 4.21. The van der Waals surface area contributed by atoms with Crippen molar-refractivity contribution in [2.45, 2.75) is 64.8 Å². The van der Waals surface area contributed by atoms with Gasteiger partial charge in [0.25, 0.3) is 0 Å². The van der Waals surface area contributed by atoms with Gasteiger partial charge in [0.15, 0.2) is 0 Å². The molecule has 2 aromatic rings. The molecule has 1 saturated heterocycles. The van der Waals surface area contributed by atoms with Gasteiger partial charge in [-0.3, -0.25) is 14.4 Å². The number of halogens is 1. The molecular weight excluding hydrogens is 450 g/mol. The number of carbonyl (C=O) groups is 2. The largest absolute Gasteiger partial charge is 0.444 e. The van der Waals surface area contributed by atoms with E-state index < -0.39 is 17.7 Å². The van der Waals surface area contributed by atoms with E-state index in [9.17, 15) is 9.59 Å². The van der Waals surface area contributed by atoms with Crippen molar-refractivity contribution in [1.82, 2.24) is 19.7 Å². The molecule has 0 unspecified atom stereocenters. The van der Waals surface area contributed by atoms with Crippen LogP contribution in [0.5, 0.6) is 0 Å². The number of likely N-dealkylation sites (tertiary alicyclic amines) is 1. The van der Waals surface area contributed by atoms with E-state index in [0.29, 0.717) is 23.4 Å². The zero-order valence-corrected chi connectivity index (χ0v) is 19.1. The van der Waals surface area contributed by atoms with Crippen molar-refractivity contribution in [3.8, 4) is 0 Å². The van der Waals surface area contributed by atoms with Crippen LogP contribution in [0.25, 0.3) is 0 Å². The van der Waals surface area contributed by atoms with Gasteiger partial charge in [0, 0.05) is 30.4 Å². The van der Waals surface area contributed by atoms with Crippen molar-refractivity contribution < 1.29 is 14.3 Å². The van der Waals surface area contributed by atoms with Crippen molar-refractivity contribution in [3.63, 3.8) is 0 Å². The summed E-state index contributed by atoms with van der Waals surface area (Å²) >= 11 is 3.34. The molecule has 3 heterocycles. The number of carbonyl (C=O) groups excluding carboxylic acids is 2. The van der Waals surface area contributed by atoms with Gasteiger partial charge >= 0.3 is 6.09 Å². The van der Waals surface area contributed by atoms with Gasteiger partial charge < -0.3 is 10.1 Å². The van der Waals surface area contributed by atoms with Crippen molar-refractivity contribution in [3.05, 3.63) is 40.8 Å². The number of aromatic nitrogens is 3. The zero-order valence-electron chi connectivity index (χ0n) is 17.6. The lowest BCUT2D eigenvalue weighted by molar-refractivity contribution is -0.121. The first-order valence-corrected chi connectivity index (χ1v) is 10.8. The molecule has 1 aliphatic carbocycles. The van der Waals surface area contributed by atoms with Gasteiger partial charge in [0.1, 0.15) is 22.1 Å². The number of hydrogen-bond acceptors (Lipinski definition) is 5. The molecule has 2 aromatic heterocycles. The van der Waals surface area contributed by atoms with E-state index in [1.807, 2.05) is 56.8 Å². The predicted octanol–water partition coefficient (Wildman–Crippen LogP) is 3.76. The van der Waals surface area contributed by atoms with E-state index in [-0.39, 0.29) is 17.4 Å². The minimum atomic E-state index is -0.636. The van der Waals surface area contributed by atoms with E-state index in [1.54, 1.807) is 11.1 Å². The third-order valence-electron chi connectivity index (χ3n) is 5.67. The van der Waals surface area contributed by atoms with Gasteiger partial charge in [0.05, 0.1) is 0 Å². The number of aryl methyl sites for hydroxylation is 1. The van der Waals surface area contributed by atoms with Crippen LogP contribution in [0.2, 0.25) is 0 Å². The Morgan fingerprint density at radius 1 is 1.33 bits per heavy atom. The molecule has 1 N–H and O–H groups in total. The number of pyridine rings is 1. The van der Waals surface area contributed by atoms with Gasteiger partial charge in [-0.25, -0.2) is 9.78 Å². The molecule has 30 heavy (non-hydrogen) atoms. The molecule has 3 atom stereocenters. The average molecular weight is 476 g/mol. The molecule has 9 heteroatoms. The van der Waals surface area contributed by atoms with E-state index in [1.165, 1.54) is 0 Å². The number of hydrogen-bond donors (Lipinski definition) is 1. The molecule has 0 bridgehead atoms. The van der Waals surface area contributed by atoms with Crippen LogP contribution >= 0.6 is 15.9 Å². The summed E-state index contributed by atoms with van der Waals surface area (Å²) in [5.41, 5.74) is 0.0534. The summed E-state index contributed by atoms with van der Waals surface area (Å²) in [4.78, 5) is 32.2. The number of anilines is 1. The van der Waals surface area contributed by atoms with Crippen LogP contribution in [0, 0.1) is 12.3 Å². The van der Waals surface area contributed by atoms with Gasteiger partial charge in [-0.1, -0.05) is 6.07 Å². The molecule has 1 aliphatic heterocycles. The Bertz CT molecular complexity index is 972. The summed E-state index contributed by atoms with van der Waals surface area (Å²) in [6.45, 7) is 8.03. The first kappa shape index (κ1) is 20.8. The molecule has 1 saturated carbocycles. The molecule has 0 aromatic carbocycles. The highest BCUT2D eigenvalue weighted by molar-refractivity contribution is 9.10. The first-order valence-electron chi connectivity index (χ1n) is 10.0. The highest BCUT2D eigenvalue weighted by atomic mass is 79.9. The van der Waals surface area contributed by atoms with Crippen LogP contribution in [0.1, 0.15) is 39.2 Å². The Balaban J connectivity index is 1.58. The monoisotopic (exact) mass is 475 g/mol. The molecule has 4 rings (SSSR count). The Labute approximate surface area is 184 Å². The average Bonchev–Trinajstić information content (AvgIpc) is 2.99. The quantitative estimate of drug-likeness (QED) is 0.679. The minimum Gasteiger partial charge on any atom is -0.444 e. The SMILES string of the molecule is Cc1ccc(Br)nc1NC(=O)[C@@H]1C[C@@]2(Cn3cccn3)C[C@H]2N1C(=O)OC(C)(C)C. The topological polar surface area (TPSA) is 89.4 Å². The Hall–Kier alpha value is -2.42. The highest BCUT2D eigenvalue weighted by Gasteiger charge is 2.68. The molecule has 0 radical (unpaired) electrons. The summed E-state index contributed by atoms with van der Waals surface area (Å²) in [5.74, 6) is 0.238. The summed E-state index contributed by atoms with van der Waals surface area (Å²) < 4.78 is 8.14. The predicted molar refractivity (Wildman–Crippen MR) is 115 cm³/mol. The van der Waals surface area contributed by atoms with E-state index in [2.05, 4.69) is 31.3 Å². The van der Waals surface area contributed by atoms with E-state index >= 15 is 0 Å². The molecule has 8 nitrogen and oxygen atoms in total. The van der Waals surface area contributed by atoms with Gasteiger partial charge in [-0.05, 0) is 74.2 Å². The third kappa shape index (κ3) is 4.08. The Morgan fingerprint density at radius 2 is 2.10 bits per heavy atom. The number of fused-ring (bicyclic) bond motifs is 1. The fourth-order valence-corrected chi connectivity index (χ4v) is 4.52. The maximum absolute atomic E-state index is 13.2. The molecule has 2 amide bonds. The first-order chi connectivity index (χ1) is 14.1. The van der Waals surface area contributed by atoms with Gasteiger partial charge in [-0.2, -0.15) is 5.10 Å². The van der Waals surface area contributed by atoms with Crippen LogP contribution in [-0.4, -0.2) is 49.3 Å². The number of nitrogens with one attached hydrogen (secondary N) is 1. The second kappa shape index (κ2) is 7.37. The second-order valence-electron chi connectivity index (χ2n) is 9.18.